The predicted octanol–water partition coefficient (Wildman–Crippen LogP) is 2.09. The Bertz CT molecular complexity index is 475. The zero-order valence-electron chi connectivity index (χ0n) is 8.40. The lowest BCUT2D eigenvalue weighted by Crippen LogP contribution is -2.04. The van der Waals surface area contributed by atoms with Crippen LogP contribution in [0.15, 0.2) is 24.5 Å². The van der Waals surface area contributed by atoms with Crippen LogP contribution in [0.25, 0.3) is 0 Å². The molecule has 0 aliphatic heterocycles. The maximum absolute atomic E-state index is 6.05. The van der Waals surface area contributed by atoms with Crippen LogP contribution in [-0.4, -0.2) is 14.8 Å². The summed E-state index contributed by atoms with van der Waals surface area (Å²) >= 11 is 12.1. The molecule has 1 heterocycles. The van der Waals surface area contributed by atoms with Crippen LogP contribution in [0.1, 0.15) is 11.4 Å². The van der Waals surface area contributed by atoms with E-state index in [4.69, 9.17) is 28.9 Å². The first-order chi connectivity index (χ1) is 7.70. The monoisotopic (exact) mass is 256 g/mol. The van der Waals surface area contributed by atoms with Gasteiger partial charge in [0.25, 0.3) is 0 Å². The lowest BCUT2D eigenvalue weighted by Gasteiger charge is -2.05. The Labute approximate surface area is 103 Å². The molecule has 0 aliphatic carbocycles. The minimum atomic E-state index is 0.323. The number of hydrogen-bond acceptors (Lipinski definition) is 3. The van der Waals surface area contributed by atoms with E-state index in [0.29, 0.717) is 29.0 Å². The van der Waals surface area contributed by atoms with Crippen molar-refractivity contribution >= 4 is 23.2 Å². The van der Waals surface area contributed by atoms with Gasteiger partial charge in [0.1, 0.15) is 6.33 Å². The molecular formula is C10H10Cl2N4. The molecule has 16 heavy (non-hydrogen) atoms. The zero-order chi connectivity index (χ0) is 11.5. The van der Waals surface area contributed by atoms with E-state index in [1.807, 2.05) is 0 Å². The van der Waals surface area contributed by atoms with Crippen LogP contribution in [-0.2, 0) is 13.1 Å². The molecule has 2 N–H and O–H groups in total. The van der Waals surface area contributed by atoms with E-state index in [1.54, 1.807) is 29.2 Å². The molecule has 0 bridgehead atoms. The smallest absolute Gasteiger partial charge is 0.164 e. The molecule has 1 aromatic carbocycles. The highest BCUT2D eigenvalue weighted by Gasteiger charge is 2.07. The summed E-state index contributed by atoms with van der Waals surface area (Å²) in [7, 11) is 0. The quantitative estimate of drug-likeness (QED) is 0.915. The average Bonchev–Trinajstić information content (AvgIpc) is 2.71. The molecule has 2 rings (SSSR count). The number of nitrogens with two attached hydrogens (primary N) is 1. The second-order valence-corrected chi connectivity index (χ2v) is 4.08. The van der Waals surface area contributed by atoms with Crippen LogP contribution in [0.2, 0.25) is 10.0 Å². The molecule has 6 heteroatoms. The molecule has 0 amide bonds. The van der Waals surface area contributed by atoms with Crippen molar-refractivity contribution in [3.05, 3.63) is 46.0 Å². The third-order valence-corrected chi connectivity index (χ3v) is 2.86. The van der Waals surface area contributed by atoms with Gasteiger partial charge in [-0.1, -0.05) is 29.3 Å². The van der Waals surface area contributed by atoms with E-state index in [1.165, 1.54) is 0 Å². The van der Waals surface area contributed by atoms with Crippen LogP contribution in [0.5, 0.6) is 0 Å². The SMILES string of the molecule is NCc1ncn(Cc2c(Cl)cccc2Cl)n1. The van der Waals surface area contributed by atoms with Gasteiger partial charge in [-0.2, -0.15) is 5.10 Å². The lowest BCUT2D eigenvalue weighted by molar-refractivity contribution is 0.672. The fourth-order valence-electron chi connectivity index (χ4n) is 1.35. The van der Waals surface area contributed by atoms with Crippen molar-refractivity contribution in [1.82, 2.24) is 14.8 Å². The highest BCUT2D eigenvalue weighted by molar-refractivity contribution is 6.35. The van der Waals surface area contributed by atoms with Gasteiger partial charge < -0.3 is 5.73 Å². The van der Waals surface area contributed by atoms with E-state index in [9.17, 15) is 0 Å². The van der Waals surface area contributed by atoms with Crippen molar-refractivity contribution in [2.45, 2.75) is 13.1 Å². The maximum atomic E-state index is 6.05. The van der Waals surface area contributed by atoms with E-state index >= 15 is 0 Å². The molecule has 0 aliphatic rings. The zero-order valence-corrected chi connectivity index (χ0v) is 9.91. The first-order valence-electron chi connectivity index (χ1n) is 4.72. The first-order valence-corrected chi connectivity index (χ1v) is 5.47. The molecule has 0 radical (unpaired) electrons. The summed E-state index contributed by atoms with van der Waals surface area (Å²) in [5, 5.41) is 5.41. The van der Waals surface area contributed by atoms with Crippen molar-refractivity contribution in [2.75, 3.05) is 0 Å². The Balaban J connectivity index is 2.26. The van der Waals surface area contributed by atoms with Gasteiger partial charge in [-0.05, 0) is 12.1 Å². The summed E-state index contributed by atoms with van der Waals surface area (Å²) in [6, 6.07) is 5.40. The Morgan fingerprint density at radius 1 is 1.25 bits per heavy atom. The number of aromatic nitrogens is 3. The second-order valence-electron chi connectivity index (χ2n) is 3.26. The molecular weight excluding hydrogens is 247 g/mol. The Morgan fingerprint density at radius 2 is 1.94 bits per heavy atom. The molecule has 1 aromatic heterocycles. The molecule has 0 saturated heterocycles. The largest absolute Gasteiger partial charge is 0.324 e. The van der Waals surface area contributed by atoms with Crippen molar-refractivity contribution in [1.29, 1.82) is 0 Å². The minimum Gasteiger partial charge on any atom is -0.324 e. The van der Waals surface area contributed by atoms with Crippen LogP contribution in [0, 0.1) is 0 Å². The van der Waals surface area contributed by atoms with Crippen LogP contribution < -0.4 is 5.73 Å². The van der Waals surface area contributed by atoms with Gasteiger partial charge in [-0.15, -0.1) is 0 Å². The fourth-order valence-corrected chi connectivity index (χ4v) is 1.87. The highest BCUT2D eigenvalue weighted by atomic mass is 35.5. The highest BCUT2D eigenvalue weighted by Crippen LogP contribution is 2.24. The molecule has 0 unspecified atom stereocenters. The van der Waals surface area contributed by atoms with Crippen molar-refractivity contribution < 1.29 is 0 Å². The number of halogens is 2. The first kappa shape index (κ1) is 11.4. The summed E-state index contributed by atoms with van der Waals surface area (Å²) in [5.74, 6) is 0.600. The summed E-state index contributed by atoms with van der Waals surface area (Å²) in [6.45, 7) is 0.814. The number of rotatable bonds is 3. The Kier molecular flexibility index (Phi) is 3.43. The summed E-state index contributed by atoms with van der Waals surface area (Å²) < 4.78 is 1.66. The van der Waals surface area contributed by atoms with Gasteiger partial charge in [0, 0.05) is 15.6 Å². The van der Waals surface area contributed by atoms with Gasteiger partial charge in [-0.3, -0.25) is 0 Å². The molecule has 2 aromatic rings. The summed E-state index contributed by atoms with van der Waals surface area (Å²) in [5.41, 5.74) is 6.26. The van der Waals surface area contributed by atoms with Gasteiger partial charge >= 0.3 is 0 Å². The normalized spacial score (nSPS) is 10.7. The third-order valence-electron chi connectivity index (χ3n) is 2.15. The van der Waals surface area contributed by atoms with E-state index in [2.05, 4.69) is 10.1 Å². The number of benzene rings is 1. The molecule has 84 valence electrons. The van der Waals surface area contributed by atoms with E-state index in [-0.39, 0.29) is 0 Å². The van der Waals surface area contributed by atoms with Crippen LogP contribution in [0.4, 0.5) is 0 Å². The van der Waals surface area contributed by atoms with Gasteiger partial charge in [0.05, 0.1) is 13.1 Å². The predicted molar refractivity (Wildman–Crippen MR) is 63.5 cm³/mol. The standard InChI is InChI=1S/C10H10Cl2N4/c11-8-2-1-3-9(12)7(8)5-16-6-14-10(4-13)15-16/h1-3,6H,4-5,13H2. The average molecular weight is 257 g/mol. The summed E-state index contributed by atoms with van der Waals surface area (Å²) in [6.07, 6.45) is 1.61. The van der Waals surface area contributed by atoms with Crippen molar-refractivity contribution in [3.63, 3.8) is 0 Å². The van der Waals surface area contributed by atoms with E-state index in [0.717, 1.165) is 5.56 Å². The molecule has 0 saturated carbocycles. The van der Waals surface area contributed by atoms with Gasteiger partial charge in [0.15, 0.2) is 5.82 Å². The van der Waals surface area contributed by atoms with Gasteiger partial charge in [-0.25, -0.2) is 9.67 Å². The lowest BCUT2D eigenvalue weighted by atomic mass is 10.2. The number of hydrogen-bond donors (Lipinski definition) is 1. The van der Waals surface area contributed by atoms with E-state index < -0.39 is 0 Å². The Morgan fingerprint density at radius 3 is 2.50 bits per heavy atom. The summed E-state index contributed by atoms with van der Waals surface area (Å²) in [4.78, 5) is 4.03. The third kappa shape index (κ3) is 2.35. The molecule has 4 nitrogen and oxygen atoms in total. The van der Waals surface area contributed by atoms with Crippen LogP contribution in [0.3, 0.4) is 0 Å². The topological polar surface area (TPSA) is 56.7 Å². The maximum Gasteiger partial charge on any atom is 0.164 e. The number of nitrogens with zero attached hydrogens (tertiary/aromatic N) is 3. The van der Waals surface area contributed by atoms with Crippen molar-refractivity contribution in [2.24, 2.45) is 5.73 Å². The second kappa shape index (κ2) is 4.82. The van der Waals surface area contributed by atoms with Gasteiger partial charge in [0.2, 0.25) is 0 Å². The van der Waals surface area contributed by atoms with Crippen molar-refractivity contribution in [3.8, 4) is 0 Å². The molecule has 0 atom stereocenters. The molecule has 0 spiro atoms. The Hall–Kier alpha value is -1.10. The fraction of sp³-hybridized carbons (Fsp3) is 0.200. The molecule has 0 fully saturated rings. The minimum absolute atomic E-state index is 0.323. The van der Waals surface area contributed by atoms with Crippen LogP contribution >= 0.6 is 23.2 Å².